The van der Waals surface area contributed by atoms with Crippen LogP contribution < -0.4 is 4.74 Å². The third-order valence-corrected chi connectivity index (χ3v) is 4.02. The van der Waals surface area contributed by atoms with Crippen molar-refractivity contribution in [2.45, 2.75) is 45.4 Å². The predicted octanol–water partition coefficient (Wildman–Crippen LogP) is 3.75. The Morgan fingerprint density at radius 2 is 2.00 bits per heavy atom. The van der Waals surface area contributed by atoms with Crippen LogP contribution in [0.2, 0.25) is 0 Å². The van der Waals surface area contributed by atoms with E-state index in [0.29, 0.717) is 17.9 Å². The summed E-state index contributed by atoms with van der Waals surface area (Å²) < 4.78 is 5.66. The second-order valence-electron chi connectivity index (χ2n) is 5.58. The highest BCUT2D eigenvalue weighted by atomic mass is 16.5. The molecule has 0 bridgehead atoms. The van der Waals surface area contributed by atoms with Crippen LogP contribution in [0, 0.1) is 12.8 Å². The molecule has 1 saturated carbocycles. The number of aryl methyl sites for hydroxylation is 1. The predicted molar refractivity (Wildman–Crippen MR) is 76.5 cm³/mol. The normalized spacial score (nSPS) is 16.1. The van der Waals surface area contributed by atoms with E-state index in [0.717, 1.165) is 12.3 Å². The number of rotatable bonds is 5. The number of hydrogen-bond acceptors (Lipinski definition) is 3. The molecule has 0 aliphatic heterocycles. The van der Waals surface area contributed by atoms with Crippen molar-refractivity contribution in [2.24, 2.45) is 5.92 Å². The Balaban J connectivity index is 1.93. The summed E-state index contributed by atoms with van der Waals surface area (Å²) in [5.74, 6) is -0.0603. The van der Waals surface area contributed by atoms with Gasteiger partial charge in [-0.15, -0.1) is 0 Å². The molecule has 110 valence electrons. The van der Waals surface area contributed by atoms with Gasteiger partial charge in [-0.1, -0.05) is 32.1 Å². The fraction of sp³-hybridized carbons (Fsp3) is 0.562. The van der Waals surface area contributed by atoms with E-state index in [2.05, 4.69) is 0 Å². The second kappa shape index (κ2) is 6.64. The van der Waals surface area contributed by atoms with E-state index < -0.39 is 5.97 Å². The van der Waals surface area contributed by atoms with E-state index in [-0.39, 0.29) is 11.3 Å². The van der Waals surface area contributed by atoms with E-state index >= 15 is 0 Å². The molecule has 0 heterocycles. The smallest absolute Gasteiger partial charge is 0.339 e. The number of aromatic carboxylic acids is 1. The van der Waals surface area contributed by atoms with Crippen molar-refractivity contribution in [3.05, 3.63) is 23.3 Å². The molecule has 1 aromatic rings. The van der Waals surface area contributed by atoms with Crippen molar-refractivity contribution in [3.63, 3.8) is 0 Å². The van der Waals surface area contributed by atoms with Gasteiger partial charge >= 0.3 is 5.97 Å². The number of carboxylic acids is 1. The maximum Gasteiger partial charge on any atom is 0.339 e. The fourth-order valence-corrected chi connectivity index (χ4v) is 2.81. The zero-order chi connectivity index (χ0) is 14.5. The Hall–Kier alpha value is -1.71. The molecule has 4 nitrogen and oxygen atoms in total. The van der Waals surface area contributed by atoms with Gasteiger partial charge in [0.1, 0.15) is 17.1 Å². The van der Waals surface area contributed by atoms with Crippen LogP contribution in [0.5, 0.6) is 11.5 Å². The summed E-state index contributed by atoms with van der Waals surface area (Å²) in [6, 6.07) is 3.08. The minimum Gasteiger partial charge on any atom is -0.507 e. The lowest BCUT2D eigenvalue weighted by atomic mass is 9.87. The van der Waals surface area contributed by atoms with Gasteiger partial charge in [0.25, 0.3) is 0 Å². The summed E-state index contributed by atoms with van der Waals surface area (Å²) >= 11 is 0. The number of carbonyl (C=O) groups is 1. The molecule has 0 radical (unpaired) electrons. The fourth-order valence-electron chi connectivity index (χ4n) is 2.81. The number of benzene rings is 1. The van der Waals surface area contributed by atoms with Crippen molar-refractivity contribution in [2.75, 3.05) is 6.61 Å². The number of carboxylic acid groups (broad SMARTS) is 1. The Bertz CT molecular complexity index is 476. The van der Waals surface area contributed by atoms with Crippen LogP contribution in [0.4, 0.5) is 0 Å². The van der Waals surface area contributed by atoms with Crippen LogP contribution in [-0.4, -0.2) is 22.8 Å². The van der Waals surface area contributed by atoms with Gasteiger partial charge in [0.2, 0.25) is 0 Å². The van der Waals surface area contributed by atoms with Gasteiger partial charge in [-0.3, -0.25) is 0 Å². The first-order valence-electron chi connectivity index (χ1n) is 7.27. The molecule has 0 amide bonds. The quantitative estimate of drug-likeness (QED) is 0.860. The van der Waals surface area contributed by atoms with Crippen molar-refractivity contribution >= 4 is 5.97 Å². The minimum absolute atomic E-state index is 0.0994. The molecular weight excluding hydrogens is 256 g/mol. The van der Waals surface area contributed by atoms with Crippen LogP contribution in [0.1, 0.15) is 54.4 Å². The molecule has 20 heavy (non-hydrogen) atoms. The molecule has 0 atom stereocenters. The van der Waals surface area contributed by atoms with Crippen LogP contribution in [0.15, 0.2) is 12.1 Å². The molecule has 0 saturated heterocycles. The van der Waals surface area contributed by atoms with Crippen LogP contribution >= 0.6 is 0 Å². The standard InChI is InChI=1S/C16H22O4/c1-11-9-13(10-14(15(11)17)16(18)19)20-8-7-12-5-3-2-4-6-12/h9-10,12,17H,2-8H2,1H3,(H,18,19). The van der Waals surface area contributed by atoms with Gasteiger partial charge in [0.15, 0.2) is 0 Å². The van der Waals surface area contributed by atoms with E-state index in [9.17, 15) is 9.90 Å². The zero-order valence-corrected chi connectivity index (χ0v) is 11.9. The Morgan fingerprint density at radius 3 is 2.65 bits per heavy atom. The highest BCUT2D eigenvalue weighted by Crippen LogP contribution is 2.29. The molecule has 0 unspecified atom stereocenters. The van der Waals surface area contributed by atoms with E-state index in [4.69, 9.17) is 9.84 Å². The van der Waals surface area contributed by atoms with Crippen LogP contribution in [0.3, 0.4) is 0 Å². The van der Waals surface area contributed by atoms with Gasteiger partial charge in [0.05, 0.1) is 6.61 Å². The Labute approximate surface area is 119 Å². The van der Waals surface area contributed by atoms with E-state index in [1.165, 1.54) is 38.2 Å². The highest BCUT2D eigenvalue weighted by Gasteiger charge is 2.15. The summed E-state index contributed by atoms with van der Waals surface area (Å²) in [5, 5.41) is 18.7. The first-order chi connectivity index (χ1) is 9.58. The topological polar surface area (TPSA) is 66.8 Å². The summed E-state index contributed by atoms with van der Waals surface area (Å²) in [6.45, 7) is 2.28. The van der Waals surface area contributed by atoms with Crippen molar-refractivity contribution < 1.29 is 19.7 Å². The molecular formula is C16H22O4. The van der Waals surface area contributed by atoms with Gasteiger partial charge < -0.3 is 14.9 Å². The number of phenols is 1. The summed E-state index contributed by atoms with van der Waals surface area (Å²) in [6.07, 6.45) is 7.54. The first-order valence-corrected chi connectivity index (χ1v) is 7.27. The number of hydrogen-bond donors (Lipinski definition) is 2. The average Bonchev–Trinajstić information content (AvgIpc) is 2.43. The summed E-state index contributed by atoms with van der Waals surface area (Å²) in [4.78, 5) is 11.0. The average molecular weight is 278 g/mol. The SMILES string of the molecule is Cc1cc(OCCC2CCCCC2)cc(C(=O)O)c1O. The third kappa shape index (κ3) is 3.65. The lowest BCUT2D eigenvalue weighted by molar-refractivity contribution is 0.0693. The molecule has 2 N–H and O–H groups in total. The van der Waals surface area contributed by atoms with Gasteiger partial charge in [-0.25, -0.2) is 4.79 Å². The molecule has 1 aliphatic carbocycles. The molecule has 0 aromatic heterocycles. The molecule has 2 rings (SSSR count). The monoisotopic (exact) mass is 278 g/mol. The van der Waals surface area contributed by atoms with Gasteiger partial charge in [-0.2, -0.15) is 0 Å². The molecule has 0 spiro atoms. The highest BCUT2D eigenvalue weighted by molar-refractivity contribution is 5.91. The van der Waals surface area contributed by atoms with E-state index in [1.54, 1.807) is 13.0 Å². The molecule has 4 heteroatoms. The molecule has 1 fully saturated rings. The van der Waals surface area contributed by atoms with Crippen LogP contribution in [0.25, 0.3) is 0 Å². The first kappa shape index (κ1) is 14.7. The largest absolute Gasteiger partial charge is 0.507 e. The molecule has 1 aromatic carbocycles. The van der Waals surface area contributed by atoms with Crippen molar-refractivity contribution in [1.29, 1.82) is 0 Å². The maximum atomic E-state index is 11.0. The maximum absolute atomic E-state index is 11.0. The van der Waals surface area contributed by atoms with Crippen LogP contribution in [-0.2, 0) is 0 Å². The Morgan fingerprint density at radius 1 is 1.30 bits per heavy atom. The van der Waals surface area contributed by atoms with E-state index in [1.807, 2.05) is 0 Å². The Kier molecular flexibility index (Phi) is 4.88. The lowest BCUT2D eigenvalue weighted by Gasteiger charge is -2.21. The van der Waals surface area contributed by atoms with Gasteiger partial charge in [-0.05, 0) is 37.0 Å². The van der Waals surface area contributed by atoms with Crippen molar-refractivity contribution in [1.82, 2.24) is 0 Å². The second-order valence-corrected chi connectivity index (χ2v) is 5.58. The van der Waals surface area contributed by atoms with Crippen molar-refractivity contribution in [3.8, 4) is 11.5 Å². The lowest BCUT2D eigenvalue weighted by Crippen LogP contribution is -2.11. The minimum atomic E-state index is -1.14. The summed E-state index contributed by atoms with van der Waals surface area (Å²) in [5.41, 5.74) is 0.426. The number of aromatic hydroxyl groups is 1. The number of ether oxygens (including phenoxy) is 1. The zero-order valence-electron chi connectivity index (χ0n) is 11.9. The molecule has 1 aliphatic rings. The summed E-state index contributed by atoms with van der Waals surface area (Å²) in [7, 11) is 0. The third-order valence-electron chi connectivity index (χ3n) is 4.02. The van der Waals surface area contributed by atoms with Gasteiger partial charge in [0, 0.05) is 0 Å².